The first kappa shape index (κ1) is 17.2. The zero-order valence-corrected chi connectivity index (χ0v) is 14.0. The fraction of sp³-hybridized carbons (Fsp3) is 0.333. The quantitative estimate of drug-likeness (QED) is 0.814. The first-order valence-corrected chi connectivity index (χ1v) is 9.53. The molecule has 1 saturated heterocycles. The summed E-state index contributed by atoms with van der Waals surface area (Å²) in [6.07, 6.45) is -4.31. The van der Waals surface area contributed by atoms with Gasteiger partial charge in [0.15, 0.2) is 0 Å². The Bertz CT molecular complexity index is 804. The number of sulfonamides is 1. The van der Waals surface area contributed by atoms with Crippen molar-refractivity contribution in [2.24, 2.45) is 0 Å². The van der Waals surface area contributed by atoms with Crippen LogP contribution in [0, 0.1) is 0 Å². The molecule has 1 aromatic carbocycles. The van der Waals surface area contributed by atoms with E-state index in [9.17, 15) is 21.6 Å². The van der Waals surface area contributed by atoms with E-state index in [0.29, 0.717) is 6.42 Å². The van der Waals surface area contributed by atoms with Crippen LogP contribution in [0.2, 0.25) is 0 Å². The fourth-order valence-corrected chi connectivity index (χ4v) is 5.09. The molecule has 1 aliphatic heterocycles. The van der Waals surface area contributed by atoms with Gasteiger partial charge in [0.25, 0.3) is 0 Å². The van der Waals surface area contributed by atoms with Crippen molar-refractivity contribution in [1.29, 1.82) is 0 Å². The predicted octanol–water partition coefficient (Wildman–Crippen LogP) is 3.82. The average Bonchev–Trinajstić information content (AvgIpc) is 3.17. The zero-order chi connectivity index (χ0) is 17.4. The molecule has 0 aliphatic carbocycles. The molecule has 0 radical (unpaired) electrons. The van der Waals surface area contributed by atoms with Gasteiger partial charge in [0.2, 0.25) is 10.0 Å². The van der Waals surface area contributed by atoms with Gasteiger partial charge in [0.1, 0.15) is 10.6 Å². The number of thiophene rings is 1. The standard InChI is InChI=1S/C15H14F3NO3S2/c16-15(17,18)22-13-3-1-2-4-14(13)24(20,21)19-7-5-11(9-19)12-6-8-23-10-12/h1-4,6,8,10-11H,5,7,9H2. The molecule has 4 nitrogen and oxygen atoms in total. The van der Waals surface area contributed by atoms with Gasteiger partial charge in [-0.25, -0.2) is 8.42 Å². The Labute approximate surface area is 141 Å². The lowest BCUT2D eigenvalue weighted by molar-refractivity contribution is -0.275. The Morgan fingerprint density at radius 3 is 2.62 bits per heavy atom. The molecule has 1 fully saturated rings. The largest absolute Gasteiger partial charge is 0.573 e. The van der Waals surface area contributed by atoms with Gasteiger partial charge in [-0.1, -0.05) is 12.1 Å². The molecule has 1 aliphatic rings. The summed E-state index contributed by atoms with van der Waals surface area (Å²) in [5, 5.41) is 3.88. The van der Waals surface area contributed by atoms with Crippen LogP contribution in [0.15, 0.2) is 46.0 Å². The zero-order valence-electron chi connectivity index (χ0n) is 12.4. The summed E-state index contributed by atoms with van der Waals surface area (Å²) in [6, 6.07) is 6.76. The molecule has 0 amide bonds. The summed E-state index contributed by atoms with van der Waals surface area (Å²) < 4.78 is 68.1. The smallest absolute Gasteiger partial charge is 0.404 e. The first-order valence-electron chi connectivity index (χ1n) is 7.14. The van der Waals surface area contributed by atoms with Crippen LogP contribution in [0.25, 0.3) is 0 Å². The molecule has 3 rings (SSSR count). The van der Waals surface area contributed by atoms with Gasteiger partial charge in [-0.2, -0.15) is 15.6 Å². The van der Waals surface area contributed by atoms with Crippen LogP contribution in [0.3, 0.4) is 0 Å². The number of benzene rings is 1. The summed E-state index contributed by atoms with van der Waals surface area (Å²) in [4.78, 5) is -0.465. The molecule has 2 aromatic rings. The van der Waals surface area contributed by atoms with Crippen molar-refractivity contribution < 1.29 is 26.3 Å². The van der Waals surface area contributed by atoms with Gasteiger partial charge in [0, 0.05) is 13.1 Å². The third-order valence-corrected chi connectivity index (χ3v) is 6.46. The van der Waals surface area contributed by atoms with Crippen LogP contribution in [0.4, 0.5) is 13.2 Å². The molecule has 24 heavy (non-hydrogen) atoms. The Kier molecular flexibility index (Phi) is 4.58. The summed E-state index contributed by atoms with van der Waals surface area (Å²) in [7, 11) is -4.05. The van der Waals surface area contributed by atoms with Crippen molar-refractivity contribution in [3.05, 3.63) is 46.7 Å². The fourth-order valence-electron chi connectivity index (χ4n) is 2.74. The van der Waals surface area contributed by atoms with E-state index in [0.717, 1.165) is 17.7 Å². The summed E-state index contributed by atoms with van der Waals surface area (Å²) >= 11 is 1.53. The Balaban J connectivity index is 1.87. The van der Waals surface area contributed by atoms with Gasteiger partial charge in [-0.3, -0.25) is 0 Å². The molecule has 130 valence electrons. The van der Waals surface area contributed by atoms with Gasteiger partial charge >= 0.3 is 6.36 Å². The minimum absolute atomic E-state index is 0.0571. The van der Waals surface area contributed by atoms with E-state index in [1.165, 1.54) is 27.8 Å². The third-order valence-electron chi connectivity index (χ3n) is 3.86. The van der Waals surface area contributed by atoms with E-state index in [4.69, 9.17) is 0 Å². The Morgan fingerprint density at radius 2 is 1.96 bits per heavy atom. The number of ether oxygens (including phenoxy) is 1. The highest BCUT2D eigenvalue weighted by molar-refractivity contribution is 7.89. The molecule has 0 saturated carbocycles. The number of nitrogens with zero attached hydrogens (tertiary/aromatic N) is 1. The highest BCUT2D eigenvalue weighted by atomic mass is 32.2. The van der Waals surface area contributed by atoms with Crippen LogP contribution < -0.4 is 4.74 Å². The van der Waals surface area contributed by atoms with Crippen LogP contribution in [0.1, 0.15) is 17.9 Å². The van der Waals surface area contributed by atoms with Crippen molar-refractivity contribution >= 4 is 21.4 Å². The molecule has 1 unspecified atom stereocenters. The lowest BCUT2D eigenvalue weighted by Gasteiger charge is -2.19. The normalized spacial score (nSPS) is 19.5. The number of hydrogen-bond donors (Lipinski definition) is 0. The van der Waals surface area contributed by atoms with E-state index in [-0.39, 0.29) is 19.0 Å². The number of rotatable bonds is 4. The topological polar surface area (TPSA) is 46.6 Å². The van der Waals surface area contributed by atoms with Crippen molar-refractivity contribution in [1.82, 2.24) is 4.31 Å². The summed E-state index contributed by atoms with van der Waals surface area (Å²) in [6.45, 7) is 0.516. The van der Waals surface area contributed by atoms with Crippen molar-refractivity contribution in [2.75, 3.05) is 13.1 Å². The minimum Gasteiger partial charge on any atom is -0.404 e. The second-order valence-electron chi connectivity index (χ2n) is 5.40. The van der Waals surface area contributed by atoms with E-state index >= 15 is 0 Å². The molecule has 2 heterocycles. The minimum atomic E-state index is -4.95. The molecular weight excluding hydrogens is 363 g/mol. The van der Waals surface area contributed by atoms with Crippen molar-refractivity contribution in [3.8, 4) is 5.75 Å². The van der Waals surface area contributed by atoms with Gasteiger partial charge in [-0.15, -0.1) is 13.2 Å². The van der Waals surface area contributed by atoms with Crippen molar-refractivity contribution in [2.45, 2.75) is 23.6 Å². The molecule has 9 heteroatoms. The van der Waals surface area contributed by atoms with Crippen LogP contribution in [-0.2, 0) is 10.0 Å². The molecule has 0 bridgehead atoms. The summed E-state index contributed by atoms with van der Waals surface area (Å²) in [5.41, 5.74) is 1.05. The number of para-hydroxylation sites is 1. The number of halogens is 3. The van der Waals surface area contributed by atoms with Gasteiger partial charge < -0.3 is 4.74 Å². The van der Waals surface area contributed by atoms with Gasteiger partial charge in [0.05, 0.1) is 0 Å². The maximum Gasteiger partial charge on any atom is 0.573 e. The monoisotopic (exact) mass is 377 g/mol. The Morgan fingerprint density at radius 1 is 1.21 bits per heavy atom. The number of hydrogen-bond acceptors (Lipinski definition) is 4. The van der Waals surface area contributed by atoms with Crippen molar-refractivity contribution in [3.63, 3.8) is 0 Å². The van der Waals surface area contributed by atoms with Crippen LogP contribution in [-0.4, -0.2) is 32.2 Å². The first-order chi connectivity index (χ1) is 11.3. The molecule has 1 atom stereocenters. The lowest BCUT2D eigenvalue weighted by atomic mass is 10.0. The van der Waals surface area contributed by atoms with E-state index in [2.05, 4.69) is 4.74 Å². The third kappa shape index (κ3) is 3.57. The molecule has 1 aromatic heterocycles. The van der Waals surface area contributed by atoms with E-state index in [1.54, 1.807) is 0 Å². The predicted molar refractivity (Wildman–Crippen MR) is 83.6 cm³/mol. The second kappa shape index (κ2) is 6.38. The summed E-state index contributed by atoms with van der Waals surface area (Å²) in [5.74, 6) is -0.647. The molecule has 0 spiro atoms. The lowest BCUT2D eigenvalue weighted by Crippen LogP contribution is -2.29. The maximum absolute atomic E-state index is 12.7. The highest BCUT2D eigenvalue weighted by Crippen LogP contribution is 2.36. The second-order valence-corrected chi connectivity index (χ2v) is 8.09. The average molecular weight is 377 g/mol. The van der Waals surface area contributed by atoms with Gasteiger partial charge in [-0.05, 0) is 46.9 Å². The van der Waals surface area contributed by atoms with Crippen LogP contribution in [0.5, 0.6) is 5.75 Å². The van der Waals surface area contributed by atoms with Crippen LogP contribution >= 0.6 is 11.3 Å². The number of alkyl halides is 3. The maximum atomic E-state index is 12.7. The molecular formula is C15H14F3NO3S2. The van der Waals surface area contributed by atoms with E-state index in [1.807, 2.05) is 16.8 Å². The Hall–Kier alpha value is -1.58. The highest BCUT2D eigenvalue weighted by Gasteiger charge is 2.38. The SMILES string of the molecule is O=S(=O)(c1ccccc1OC(F)(F)F)N1CCC(c2ccsc2)C1. The van der Waals surface area contributed by atoms with E-state index < -0.39 is 27.0 Å². The molecule has 0 N–H and O–H groups in total.